The number of aliphatic hydroxyl groups is 1. The van der Waals surface area contributed by atoms with Crippen LogP contribution in [-0.4, -0.2) is 11.7 Å². The lowest BCUT2D eigenvalue weighted by molar-refractivity contribution is 0.113. The molecule has 17 heavy (non-hydrogen) atoms. The van der Waals surface area contributed by atoms with E-state index in [1.807, 2.05) is 0 Å². The minimum atomic E-state index is 0.349. The Morgan fingerprint density at radius 3 is 2.35 bits per heavy atom. The van der Waals surface area contributed by atoms with E-state index in [1.54, 1.807) is 0 Å². The largest absolute Gasteiger partial charge is 0.396 e. The third-order valence-corrected chi connectivity index (χ3v) is 4.61. The van der Waals surface area contributed by atoms with Crippen LogP contribution in [0.15, 0.2) is 12.7 Å². The summed E-state index contributed by atoms with van der Waals surface area (Å²) in [6, 6.07) is 0. The fourth-order valence-electron chi connectivity index (χ4n) is 3.40. The number of aliphatic hydroxyl groups excluding tert-OH is 1. The van der Waals surface area contributed by atoms with Gasteiger partial charge in [-0.3, -0.25) is 0 Å². The van der Waals surface area contributed by atoms with E-state index in [2.05, 4.69) is 26.5 Å². The molecule has 1 aliphatic carbocycles. The first-order valence-corrected chi connectivity index (χ1v) is 7.37. The first-order chi connectivity index (χ1) is 8.13. The van der Waals surface area contributed by atoms with Crippen LogP contribution in [0.25, 0.3) is 0 Å². The molecule has 0 aromatic rings. The molecule has 1 atom stereocenters. The number of hydrogen-bond acceptors (Lipinski definition) is 1. The lowest BCUT2D eigenvalue weighted by Crippen LogP contribution is -2.28. The Kier molecular flexibility index (Phi) is 6.26. The topological polar surface area (TPSA) is 20.2 Å². The summed E-state index contributed by atoms with van der Waals surface area (Å²) in [5, 5.41) is 9.09. The number of allylic oxidation sites excluding steroid dienone is 1. The minimum Gasteiger partial charge on any atom is -0.396 e. The van der Waals surface area contributed by atoms with Crippen LogP contribution in [-0.2, 0) is 0 Å². The molecule has 1 heteroatoms. The van der Waals surface area contributed by atoms with Crippen molar-refractivity contribution >= 4 is 0 Å². The van der Waals surface area contributed by atoms with Crippen LogP contribution in [0.1, 0.15) is 65.2 Å². The molecule has 0 amide bonds. The summed E-state index contributed by atoms with van der Waals surface area (Å²) in [5.41, 5.74) is 0.504. The third kappa shape index (κ3) is 4.46. The Morgan fingerprint density at radius 2 is 1.88 bits per heavy atom. The van der Waals surface area contributed by atoms with Gasteiger partial charge in [0.25, 0.3) is 0 Å². The molecule has 0 aromatic heterocycles. The fourth-order valence-corrected chi connectivity index (χ4v) is 3.40. The van der Waals surface area contributed by atoms with Crippen molar-refractivity contribution in [2.75, 3.05) is 6.61 Å². The summed E-state index contributed by atoms with van der Waals surface area (Å²) in [5.74, 6) is 1.34. The molecule has 0 unspecified atom stereocenters. The van der Waals surface area contributed by atoms with Crippen LogP contribution < -0.4 is 0 Å². The Bertz CT molecular complexity index is 214. The van der Waals surface area contributed by atoms with Crippen molar-refractivity contribution in [3.05, 3.63) is 12.7 Å². The van der Waals surface area contributed by atoms with Crippen LogP contribution >= 0.6 is 0 Å². The van der Waals surface area contributed by atoms with E-state index in [0.29, 0.717) is 23.9 Å². The normalized spacial score (nSPS) is 21.4. The predicted octanol–water partition coefficient (Wildman–Crippen LogP) is 4.56. The maximum absolute atomic E-state index is 9.09. The predicted molar refractivity (Wildman–Crippen MR) is 75.0 cm³/mol. The highest BCUT2D eigenvalue weighted by atomic mass is 16.2. The number of hydrogen-bond donors (Lipinski definition) is 1. The van der Waals surface area contributed by atoms with E-state index in [-0.39, 0.29) is 0 Å². The Labute approximate surface area is 107 Å². The third-order valence-electron chi connectivity index (χ3n) is 4.61. The smallest absolute Gasteiger partial charge is 0.0431 e. The SMILES string of the molecule is C=C[C@@H](CC1(CCCO)CCCCC1)C(C)C. The minimum absolute atomic E-state index is 0.349. The molecule has 1 rings (SSSR count). The molecular formula is C16H30O. The molecule has 1 fully saturated rings. The first kappa shape index (κ1) is 14.8. The van der Waals surface area contributed by atoms with Crippen LogP contribution in [0.2, 0.25) is 0 Å². The van der Waals surface area contributed by atoms with Gasteiger partial charge in [-0.1, -0.05) is 39.2 Å². The second-order valence-electron chi connectivity index (χ2n) is 6.24. The van der Waals surface area contributed by atoms with Gasteiger partial charge in [0, 0.05) is 6.61 Å². The van der Waals surface area contributed by atoms with Gasteiger partial charge in [-0.15, -0.1) is 6.58 Å². The van der Waals surface area contributed by atoms with Crippen molar-refractivity contribution < 1.29 is 5.11 Å². The molecule has 1 nitrogen and oxygen atoms in total. The van der Waals surface area contributed by atoms with Gasteiger partial charge in [0.15, 0.2) is 0 Å². The van der Waals surface area contributed by atoms with Gasteiger partial charge in [-0.05, 0) is 49.4 Å². The second kappa shape index (κ2) is 7.20. The average Bonchev–Trinajstić information content (AvgIpc) is 2.34. The van der Waals surface area contributed by atoms with Gasteiger partial charge < -0.3 is 5.11 Å². The monoisotopic (exact) mass is 238 g/mol. The highest BCUT2D eigenvalue weighted by molar-refractivity contribution is 4.91. The lowest BCUT2D eigenvalue weighted by Gasteiger charge is -2.40. The molecule has 0 radical (unpaired) electrons. The van der Waals surface area contributed by atoms with Crippen molar-refractivity contribution in [1.29, 1.82) is 0 Å². The molecule has 0 saturated heterocycles. The fraction of sp³-hybridized carbons (Fsp3) is 0.875. The molecule has 1 N–H and O–H groups in total. The summed E-state index contributed by atoms with van der Waals surface area (Å²) >= 11 is 0. The van der Waals surface area contributed by atoms with Crippen LogP contribution in [0.5, 0.6) is 0 Å². The molecule has 0 bridgehead atoms. The van der Waals surface area contributed by atoms with Crippen molar-refractivity contribution in [3.63, 3.8) is 0 Å². The zero-order chi connectivity index (χ0) is 12.7. The van der Waals surface area contributed by atoms with E-state index in [1.165, 1.54) is 44.9 Å². The molecule has 0 aliphatic heterocycles. The lowest BCUT2D eigenvalue weighted by atomic mass is 9.65. The molecular weight excluding hydrogens is 208 g/mol. The first-order valence-electron chi connectivity index (χ1n) is 7.37. The second-order valence-corrected chi connectivity index (χ2v) is 6.24. The van der Waals surface area contributed by atoms with Crippen molar-refractivity contribution in [3.8, 4) is 0 Å². The standard InChI is InChI=1S/C16H30O/c1-4-15(14(2)3)13-16(11-8-12-17)9-6-5-7-10-16/h4,14-15,17H,1,5-13H2,2-3H3/t15-/m0/s1. The molecule has 1 saturated carbocycles. The Balaban J connectivity index is 2.64. The van der Waals surface area contributed by atoms with Gasteiger partial charge in [-0.25, -0.2) is 0 Å². The van der Waals surface area contributed by atoms with Gasteiger partial charge in [-0.2, -0.15) is 0 Å². The maximum atomic E-state index is 9.09. The maximum Gasteiger partial charge on any atom is 0.0431 e. The summed E-state index contributed by atoms with van der Waals surface area (Å²) < 4.78 is 0. The van der Waals surface area contributed by atoms with Gasteiger partial charge in [0.05, 0.1) is 0 Å². The van der Waals surface area contributed by atoms with Crippen LogP contribution in [0, 0.1) is 17.3 Å². The molecule has 0 aromatic carbocycles. The van der Waals surface area contributed by atoms with Gasteiger partial charge >= 0.3 is 0 Å². The molecule has 100 valence electrons. The van der Waals surface area contributed by atoms with Crippen molar-refractivity contribution in [2.24, 2.45) is 17.3 Å². The molecule has 1 aliphatic rings. The summed E-state index contributed by atoms with van der Waals surface area (Å²) in [6.07, 6.45) is 12.5. The van der Waals surface area contributed by atoms with Gasteiger partial charge in [0.1, 0.15) is 0 Å². The highest BCUT2D eigenvalue weighted by Crippen LogP contribution is 2.46. The zero-order valence-electron chi connectivity index (χ0n) is 11.8. The molecule has 0 spiro atoms. The Hall–Kier alpha value is -0.300. The van der Waals surface area contributed by atoms with Crippen molar-refractivity contribution in [2.45, 2.75) is 65.2 Å². The van der Waals surface area contributed by atoms with Crippen LogP contribution in [0.3, 0.4) is 0 Å². The number of rotatable bonds is 7. The van der Waals surface area contributed by atoms with E-state index in [0.717, 1.165) is 6.42 Å². The quantitative estimate of drug-likeness (QED) is 0.645. The van der Waals surface area contributed by atoms with Crippen LogP contribution in [0.4, 0.5) is 0 Å². The zero-order valence-corrected chi connectivity index (χ0v) is 11.8. The van der Waals surface area contributed by atoms with E-state index in [9.17, 15) is 0 Å². The van der Waals surface area contributed by atoms with Gasteiger partial charge in [0.2, 0.25) is 0 Å². The van der Waals surface area contributed by atoms with E-state index >= 15 is 0 Å². The van der Waals surface area contributed by atoms with E-state index < -0.39 is 0 Å². The van der Waals surface area contributed by atoms with E-state index in [4.69, 9.17) is 5.11 Å². The highest BCUT2D eigenvalue weighted by Gasteiger charge is 2.33. The summed E-state index contributed by atoms with van der Waals surface area (Å²) in [6.45, 7) is 8.96. The average molecular weight is 238 g/mol. The summed E-state index contributed by atoms with van der Waals surface area (Å²) in [7, 11) is 0. The summed E-state index contributed by atoms with van der Waals surface area (Å²) in [4.78, 5) is 0. The van der Waals surface area contributed by atoms with Crippen molar-refractivity contribution in [1.82, 2.24) is 0 Å². The molecule has 0 heterocycles. The Morgan fingerprint density at radius 1 is 1.24 bits per heavy atom.